The predicted octanol–water partition coefficient (Wildman–Crippen LogP) is 3.03. The van der Waals surface area contributed by atoms with Gasteiger partial charge in [0.05, 0.1) is 26.0 Å². The van der Waals surface area contributed by atoms with Crippen molar-refractivity contribution >= 4 is 17.6 Å². The molecular weight excluding hydrogens is 378 g/mol. The maximum Gasteiger partial charge on any atom is 0.307 e. The summed E-state index contributed by atoms with van der Waals surface area (Å²) in [6.07, 6.45) is 1.60. The molecule has 6 heteroatoms. The second-order valence-corrected chi connectivity index (χ2v) is 8.19. The molecule has 2 aromatic rings. The standard InChI is InChI=1S/C24H29N3O3/c1-15-4-3-5-17(12-15)23-18-8-10-26-24(18)19-13-16(6-7-20(19)27-23)14-21(28)25-11-9-22(29)30-2/h3-7,12-13,18,23-24,26-27H,8-11,14H2,1-2H3,(H,25,28). The molecule has 0 spiro atoms. The minimum absolute atomic E-state index is 0.0869. The van der Waals surface area contributed by atoms with Gasteiger partial charge in [-0.1, -0.05) is 42.0 Å². The van der Waals surface area contributed by atoms with Gasteiger partial charge in [0.15, 0.2) is 0 Å². The van der Waals surface area contributed by atoms with E-state index in [1.54, 1.807) is 0 Å². The lowest BCUT2D eigenvalue weighted by molar-refractivity contribution is -0.140. The molecule has 0 aromatic heterocycles. The van der Waals surface area contributed by atoms with Crippen molar-refractivity contribution in [2.45, 2.75) is 38.3 Å². The minimum atomic E-state index is -0.323. The molecule has 2 aromatic carbocycles. The minimum Gasteiger partial charge on any atom is -0.469 e. The lowest BCUT2D eigenvalue weighted by atomic mass is 9.79. The van der Waals surface area contributed by atoms with Crippen molar-refractivity contribution in [1.82, 2.24) is 10.6 Å². The zero-order chi connectivity index (χ0) is 21.1. The van der Waals surface area contributed by atoms with E-state index in [1.807, 2.05) is 6.07 Å². The molecule has 1 saturated heterocycles. The number of nitrogens with one attached hydrogen (secondary N) is 3. The largest absolute Gasteiger partial charge is 0.469 e. The van der Waals surface area contributed by atoms with Gasteiger partial charge in [-0.05, 0) is 42.6 Å². The van der Waals surface area contributed by atoms with Crippen LogP contribution >= 0.6 is 0 Å². The third-order valence-electron chi connectivity index (χ3n) is 6.11. The number of hydrogen-bond donors (Lipinski definition) is 3. The SMILES string of the molecule is COC(=O)CCNC(=O)Cc1ccc2c(c1)C1NCCC1C(c1cccc(C)c1)N2. The van der Waals surface area contributed by atoms with Crippen LogP contribution in [0.25, 0.3) is 0 Å². The predicted molar refractivity (Wildman–Crippen MR) is 116 cm³/mol. The van der Waals surface area contributed by atoms with Gasteiger partial charge in [0.25, 0.3) is 0 Å². The Balaban J connectivity index is 1.49. The number of aryl methyl sites for hydroxylation is 1. The summed E-state index contributed by atoms with van der Waals surface area (Å²) in [5, 5.41) is 10.2. The molecule has 0 aliphatic carbocycles. The number of rotatable bonds is 6. The number of amides is 1. The normalized spacial score (nSPS) is 21.9. The van der Waals surface area contributed by atoms with Crippen LogP contribution in [-0.4, -0.2) is 32.1 Å². The first-order valence-electron chi connectivity index (χ1n) is 10.6. The summed E-state index contributed by atoms with van der Waals surface area (Å²) in [5.74, 6) is 0.0660. The van der Waals surface area contributed by atoms with Crippen LogP contribution < -0.4 is 16.0 Å². The summed E-state index contributed by atoms with van der Waals surface area (Å²) < 4.78 is 4.60. The Bertz CT molecular complexity index is 943. The number of methoxy groups -OCH3 is 1. The van der Waals surface area contributed by atoms with E-state index in [9.17, 15) is 9.59 Å². The fraction of sp³-hybridized carbons (Fsp3) is 0.417. The van der Waals surface area contributed by atoms with Crippen molar-refractivity contribution in [2.75, 3.05) is 25.5 Å². The van der Waals surface area contributed by atoms with E-state index >= 15 is 0 Å². The van der Waals surface area contributed by atoms with Gasteiger partial charge in [0.2, 0.25) is 5.91 Å². The number of carbonyl (C=O) groups is 2. The molecule has 3 unspecified atom stereocenters. The van der Waals surface area contributed by atoms with Crippen LogP contribution in [0.15, 0.2) is 42.5 Å². The smallest absolute Gasteiger partial charge is 0.307 e. The van der Waals surface area contributed by atoms with Crippen molar-refractivity contribution < 1.29 is 14.3 Å². The number of carbonyl (C=O) groups excluding carboxylic acids is 2. The maximum atomic E-state index is 12.3. The number of esters is 1. The molecule has 2 aliphatic heterocycles. The summed E-state index contributed by atoms with van der Waals surface area (Å²) in [6.45, 7) is 3.42. The van der Waals surface area contributed by atoms with Crippen molar-refractivity contribution in [3.05, 3.63) is 64.7 Å². The van der Waals surface area contributed by atoms with E-state index in [2.05, 4.69) is 64.0 Å². The molecule has 2 aliphatic rings. The Morgan fingerprint density at radius 2 is 2.03 bits per heavy atom. The zero-order valence-corrected chi connectivity index (χ0v) is 17.5. The number of anilines is 1. The van der Waals surface area contributed by atoms with Gasteiger partial charge >= 0.3 is 5.97 Å². The number of hydrogen-bond acceptors (Lipinski definition) is 5. The van der Waals surface area contributed by atoms with E-state index in [4.69, 9.17) is 0 Å². The Labute approximate surface area is 177 Å². The molecule has 1 amide bonds. The molecular formula is C24H29N3O3. The fourth-order valence-corrected chi connectivity index (χ4v) is 4.66. The molecule has 0 bridgehead atoms. The van der Waals surface area contributed by atoms with Crippen LogP contribution in [0.2, 0.25) is 0 Å². The van der Waals surface area contributed by atoms with Gasteiger partial charge in [-0.25, -0.2) is 0 Å². The number of ether oxygens (including phenoxy) is 1. The second-order valence-electron chi connectivity index (χ2n) is 8.19. The first-order chi connectivity index (χ1) is 14.5. The zero-order valence-electron chi connectivity index (χ0n) is 17.5. The molecule has 0 radical (unpaired) electrons. The van der Waals surface area contributed by atoms with E-state index < -0.39 is 0 Å². The highest BCUT2D eigenvalue weighted by Gasteiger charge is 2.40. The Morgan fingerprint density at radius 3 is 2.83 bits per heavy atom. The van der Waals surface area contributed by atoms with E-state index in [1.165, 1.54) is 23.8 Å². The van der Waals surface area contributed by atoms with Crippen LogP contribution in [-0.2, 0) is 20.7 Å². The van der Waals surface area contributed by atoms with E-state index in [-0.39, 0.29) is 30.4 Å². The number of fused-ring (bicyclic) bond motifs is 3. The number of benzene rings is 2. The highest BCUT2D eigenvalue weighted by Crippen LogP contribution is 2.47. The lowest BCUT2D eigenvalue weighted by Gasteiger charge is -2.37. The van der Waals surface area contributed by atoms with Crippen LogP contribution in [0.1, 0.15) is 47.2 Å². The quantitative estimate of drug-likeness (QED) is 0.642. The molecule has 3 N–H and O–H groups in total. The van der Waals surface area contributed by atoms with Crippen molar-refractivity contribution in [1.29, 1.82) is 0 Å². The third-order valence-corrected chi connectivity index (χ3v) is 6.11. The Hall–Kier alpha value is -2.86. The molecule has 6 nitrogen and oxygen atoms in total. The molecule has 3 atom stereocenters. The maximum absolute atomic E-state index is 12.3. The van der Waals surface area contributed by atoms with Gasteiger partial charge in [-0.3, -0.25) is 9.59 Å². The van der Waals surface area contributed by atoms with Crippen molar-refractivity contribution in [3.8, 4) is 0 Å². The Kier molecular flexibility index (Phi) is 6.04. The van der Waals surface area contributed by atoms with Crippen LogP contribution in [0, 0.1) is 12.8 Å². The van der Waals surface area contributed by atoms with Gasteiger partial charge in [-0.2, -0.15) is 0 Å². The third kappa shape index (κ3) is 4.33. The summed E-state index contributed by atoms with van der Waals surface area (Å²) in [6, 6.07) is 15.5. The topological polar surface area (TPSA) is 79.5 Å². The first-order valence-corrected chi connectivity index (χ1v) is 10.6. The average Bonchev–Trinajstić information content (AvgIpc) is 3.23. The van der Waals surface area contributed by atoms with E-state index in [0.29, 0.717) is 18.9 Å². The highest BCUT2D eigenvalue weighted by atomic mass is 16.5. The molecule has 158 valence electrons. The first kappa shape index (κ1) is 20.4. The fourth-order valence-electron chi connectivity index (χ4n) is 4.66. The summed E-state index contributed by atoms with van der Waals surface area (Å²) in [5.41, 5.74) is 5.95. The van der Waals surface area contributed by atoms with Gasteiger partial charge in [0, 0.05) is 24.2 Å². The van der Waals surface area contributed by atoms with Gasteiger partial charge in [0.1, 0.15) is 0 Å². The molecule has 30 heavy (non-hydrogen) atoms. The van der Waals surface area contributed by atoms with Crippen molar-refractivity contribution in [2.24, 2.45) is 5.92 Å². The molecule has 0 saturated carbocycles. The van der Waals surface area contributed by atoms with Crippen molar-refractivity contribution in [3.63, 3.8) is 0 Å². The summed E-state index contributed by atoms with van der Waals surface area (Å²) in [7, 11) is 1.35. The summed E-state index contributed by atoms with van der Waals surface area (Å²) in [4.78, 5) is 23.4. The van der Waals surface area contributed by atoms with Crippen LogP contribution in [0.5, 0.6) is 0 Å². The molecule has 1 fully saturated rings. The molecule has 4 rings (SSSR count). The monoisotopic (exact) mass is 407 g/mol. The highest BCUT2D eigenvalue weighted by molar-refractivity contribution is 5.79. The molecule has 2 heterocycles. The average molecular weight is 408 g/mol. The van der Waals surface area contributed by atoms with Crippen LogP contribution in [0.4, 0.5) is 5.69 Å². The summed E-state index contributed by atoms with van der Waals surface area (Å²) >= 11 is 0. The van der Waals surface area contributed by atoms with E-state index in [0.717, 1.165) is 24.2 Å². The Morgan fingerprint density at radius 1 is 1.17 bits per heavy atom. The van der Waals surface area contributed by atoms with Crippen LogP contribution in [0.3, 0.4) is 0 Å². The second kappa shape index (κ2) is 8.88. The van der Waals surface area contributed by atoms with Gasteiger partial charge in [-0.15, -0.1) is 0 Å². The lowest BCUT2D eigenvalue weighted by Crippen LogP contribution is -2.32. The van der Waals surface area contributed by atoms with Gasteiger partial charge < -0.3 is 20.7 Å².